The van der Waals surface area contributed by atoms with Crippen LogP contribution in [0, 0.1) is 93.3 Å². The van der Waals surface area contributed by atoms with E-state index in [-0.39, 0.29) is 129 Å². The number of benzene rings is 6. The van der Waals surface area contributed by atoms with Gasteiger partial charge in [0.25, 0.3) is 23.6 Å². The van der Waals surface area contributed by atoms with Gasteiger partial charge in [0.2, 0.25) is 0 Å². The zero-order valence-corrected chi connectivity index (χ0v) is 62.3. The molecule has 0 aliphatic carbocycles. The van der Waals surface area contributed by atoms with Crippen LogP contribution in [0.25, 0.3) is 0 Å². The van der Waals surface area contributed by atoms with E-state index in [9.17, 15) is 28.8 Å². The number of nitrogens with two attached hydrogens (primary N) is 3. The molecule has 6 rings (SSSR count). The molecule has 2 radical (unpaired) electrons. The average Bonchev–Trinajstić information content (AvgIpc) is 3.43. The minimum absolute atomic E-state index is 0. The van der Waals surface area contributed by atoms with E-state index in [1.807, 2.05) is 40.3 Å². The number of amides is 6. The van der Waals surface area contributed by atoms with Gasteiger partial charge in [-0.15, -0.1) is 0 Å². The van der Waals surface area contributed by atoms with Gasteiger partial charge in [-0.2, -0.15) is 22.4 Å². The van der Waals surface area contributed by atoms with Crippen LogP contribution in [0.15, 0.2) is 146 Å². The number of rotatable bonds is 23. The van der Waals surface area contributed by atoms with Gasteiger partial charge >= 0.3 is 6.03 Å². The van der Waals surface area contributed by atoms with Crippen LogP contribution >= 0.6 is 22.4 Å². The molecule has 6 aromatic rings. The molecule has 0 heterocycles. The SMILES string of the molecule is CN(C)CCCCC(=O)Cc1ccc(NC(=O)c2ccc(C(=O)Nc3ccc(NC(=O)NCCCN(C)C)cc3)cc2)cc1.CN(C)CCCN.Nc1ccc(NC(=O)c2ccc(C(=O)Nc3ccc(N)cc3)cc2)cc1.[B]I.[U].[U].[U]. The van der Waals surface area contributed by atoms with Crippen LogP contribution in [0.2, 0.25) is 0 Å². The van der Waals surface area contributed by atoms with Crippen molar-refractivity contribution < 1.29 is 122 Å². The van der Waals surface area contributed by atoms with E-state index in [1.54, 1.807) is 156 Å². The maximum absolute atomic E-state index is 12.7. The fourth-order valence-electron chi connectivity index (χ4n) is 7.08. The Balaban J connectivity index is 0.00000146. The second-order valence-corrected chi connectivity index (χ2v) is 18.9. The summed E-state index contributed by atoms with van der Waals surface area (Å²) in [4.78, 5) is 80.6. The number of nitrogens with zero attached hydrogens (tertiary/aromatic N) is 3. The molecular formula is C59H76BIN12O6U3. The molecule has 18 nitrogen and oxygen atoms in total. The largest absolute Gasteiger partial charge is 0.399 e. The van der Waals surface area contributed by atoms with Gasteiger partial charge in [0, 0.05) is 175 Å². The maximum Gasteiger partial charge on any atom is 0.319 e. The Labute approximate surface area is 569 Å². The smallest absolute Gasteiger partial charge is 0.319 e. The third-order valence-corrected chi connectivity index (χ3v) is 11.4. The van der Waals surface area contributed by atoms with Crippen LogP contribution in [0.4, 0.5) is 44.6 Å². The molecule has 12 N–H and O–H groups in total. The molecule has 0 atom stereocenters. The molecule has 430 valence electrons. The number of anilines is 7. The van der Waals surface area contributed by atoms with Crippen molar-refractivity contribution in [3.63, 3.8) is 0 Å². The Kier molecular flexibility index (Phi) is 41.7. The van der Waals surface area contributed by atoms with Crippen LogP contribution in [-0.2, 0) is 11.2 Å². The van der Waals surface area contributed by atoms with Gasteiger partial charge < -0.3 is 63.8 Å². The molecule has 0 fully saturated rings. The molecule has 0 aliphatic rings. The molecule has 0 aliphatic heterocycles. The topological polar surface area (TPSA) is 262 Å². The monoisotopic (exact) mass is 1900 g/mol. The molecule has 0 spiro atoms. The van der Waals surface area contributed by atoms with E-state index in [4.69, 9.17) is 17.2 Å². The summed E-state index contributed by atoms with van der Waals surface area (Å²) in [5.41, 5.74) is 27.9. The van der Waals surface area contributed by atoms with Crippen molar-refractivity contribution >= 4 is 103 Å². The van der Waals surface area contributed by atoms with Crippen molar-refractivity contribution in [3.8, 4) is 0 Å². The van der Waals surface area contributed by atoms with E-state index in [0.29, 0.717) is 81.5 Å². The first kappa shape index (κ1) is 77.5. The summed E-state index contributed by atoms with van der Waals surface area (Å²) in [6.45, 7) is 4.36. The number of ketones is 1. The number of carbonyl (C=O) groups excluding carboxylic acids is 6. The summed E-state index contributed by atoms with van der Waals surface area (Å²) in [6.07, 6.45) is 4.80. The van der Waals surface area contributed by atoms with Crippen molar-refractivity contribution in [2.45, 2.75) is 38.5 Å². The Hall–Kier alpha value is -4.47. The van der Waals surface area contributed by atoms with Crippen LogP contribution in [0.1, 0.15) is 79.1 Å². The summed E-state index contributed by atoms with van der Waals surface area (Å²) < 4.78 is 0. The first-order chi connectivity index (χ1) is 37.9. The zero-order chi connectivity index (χ0) is 58.1. The van der Waals surface area contributed by atoms with Gasteiger partial charge in [-0.05, 0) is 233 Å². The van der Waals surface area contributed by atoms with Crippen LogP contribution in [-0.4, -0.2) is 131 Å². The van der Waals surface area contributed by atoms with Crippen molar-refractivity contribution in [3.05, 3.63) is 173 Å². The van der Waals surface area contributed by atoms with Crippen molar-refractivity contribution in [2.24, 2.45) is 5.73 Å². The first-order valence-electron chi connectivity index (χ1n) is 25.7. The summed E-state index contributed by atoms with van der Waals surface area (Å²) in [7, 11) is 12.1. The quantitative estimate of drug-likeness (QED) is 0.0126. The Morgan fingerprint density at radius 1 is 0.415 bits per heavy atom. The molecule has 0 unspecified atom stereocenters. The number of nitrogens with one attached hydrogen (secondary N) is 6. The number of Topliss-reactive ketones (excluding diaryl/α,β-unsaturated/α-hetero) is 1. The number of nitrogen functional groups attached to an aromatic ring is 2. The molecule has 0 aromatic heterocycles. The minimum atomic E-state index is -0.320. The fourth-order valence-corrected chi connectivity index (χ4v) is 7.08. The second-order valence-electron chi connectivity index (χ2n) is 18.9. The molecule has 6 aromatic carbocycles. The van der Waals surface area contributed by atoms with E-state index < -0.39 is 0 Å². The second kappa shape index (κ2) is 44.1. The van der Waals surface area contributed by atoms with E-state index in [0.717, 1.165) is 57.4 Å². The zero-order valence-electron chi connectivity index (χ0n) is 47.6. The molecule has 23 heteroatoms. The third kappa shape index (κ3) is 32.6. The average molecular weight is 1900 g/mol. The number of carbonyl (C=O) groups is 6. The molecular weight excluding hydrogens is 1820 g/mol. The normalized spacial score (nSPS) is 9.99. The number of hydrogen-bond donors (Lipinski definition) is 9. The minimum Gasteiger partial charge on any atom is -0.399 e. The van der Waals surface area contributed by atoms with Crippen LogP contribution in [0.5, 0.6) is 0 Å². The first-order valence-corrected chi connectivity index (χ1v) is 26.9. The van der Waals surface area contributed by atoms with Crippen molar-refractivity contribution in [1.29, 1.82) is 0 Å². The predicted octanol–water partition coefficient (Wildman–Crippen LogP) is 8.87. The number of halogens is 1. The van der Waals surface area contributed by atoms with Gasteiger partial charge in [-0.25, -0.2) is 4.79 Å². The summed E-state index contributed by atoms with van der Waals surface area (Å²) in [5, 5.41) is 16.8. The van der Waals surface area contributed by atoms with Gasteiger partial charge in [0.15, 0.2) is 5.70 Å². The maximum atomic E-state index is 12.7. The van der Waals surface area contributed by atoms with Crippen LogP contribution < -0.4 is 49.1 Å². The summed E-state index contributed by atoms with van der Waals surface area (Å²) >= 11 is 1.65. The Morgan fingerprint density at radius 2 is 0.707 bits per heavy atom. The van der Waals surface area contributed by atoms with Crippen molar-refractivity contribution in [2.75, 3.05) is 113 Å². The molecule has 0 saturated carbocycles. The molecule has 6 amide bonds. The summed E-state index contributed by atoms with van der Waals surface area (Å²) in [5.74, 6) is -0.934. The molecule has 0 bridgehead atoms. The summed E-state index contributed by atoms with van der Waals surface area (Å²) in [6, 6.07) is 40.3. The molecule has 0 saturated heterocycles. The number of hydrogen-bond acceptors (Lipinski definition) is 12. The molecule has 82 heavy (non-hydrogen) atoms. The van der Waals surface area contributed by atoms with E-state index in [1.165, 1.54) is 0 Å². The number of urea groups is 1. The van der Waals surface area contributed by atoms with Gasteiger partial charge in [-0.3, -0.25) is 24.0 Å². The van der Waals surface area contributed by atoms with Gasteiger partial charge in [0.05, 0.1) is 0 Å². The van der Waals surface area contributed by atoms with Gasteiger partial charge in [0.1, 0.15) is 5.78 Å². The van der Waals surface area contributed by atoms with E-state index in [2.05, 4.69) is 66.4 Å². The van der Waals surface area contributed by atoms with Crippen LogP contribution in [0.3, 0.4) is 0 Å². The third-order valence-electron chi connectivity index (χ3n) is 11.4. The fraction of sp³-hybridized carbons (Fsp3) is 0.288. The Morgan fingerprint density at radius 3 is 1.02 bits per heavy atom. The van der Waals surface area contributed by atoms with Gasteiger partial charge in [-0.1, -0.05) is 12.1 Å². The number of unbranched alkanes of at least 4 members (excludes halogenated alkanes) is 1. The Bertz CT molecular complexity index is 2620. The predicted molar refractivity (Wildman–Crippen MR) is 333 cm³/mol. The standard InChI is InChI=1S/C34H44N6O4.C20H18N4O2.C5H14N2.BI.3U/c1-39(2)22-6-5-8-31(41)24-25-9-15-28(16-10-25)36-32(42)26-11-13-27(14-12-26)33(43)37-29-17-19-30(20-18-29)38-34(44)35-21-7-23-40(3)4;21-15-5-9-17(10-6-15)23-19(25)13-1-2-14(4-3-13)20(26)24-18-11-7-16(22)8-12-18;1-7(2)5-3-4-6;1-2;;;/h9-20H,5-8,21-24H2,1-4H3,(H,36,42)(H,37,43)(H2,35,38,44);1-12H,21-22H2,(H,23,25)(H,24,26);3-6H2,1-2H3;;;;. The van der Waals surface area contributed by atoms with Crippen molar-refractivity contribution in [1.82, 2.24) is 20.0 Å². The van der Waals surface area contributed by atoms with E-state index >= 15 is 0 Å².